The van der Waals surface area contributed by atoms with Gasteiger partial charge in [-0.15, -0.1) is 35.0 Å². The number of guanidine groups is 2. The minimum Gasteiger partial charge on any atom is -0.507 e. The summed E-state index contributed by atoms with van der Waals surface area (Å²) >= 11 is 0. The summed E-state index contributed by atoms with van der Waals surface area (Å²) in [5.41, 5.74) is 23.0. The number of aromatic hydroxyl groups is 1. The molecule has 9 nitrogen and oxygen atoms in total. The maximum absolute atomic E-state index is 9.87. The zero-order chi connectivity index (χ0) is 16.0. The number of benzene rings is 1. The first-order valence-corrected chi connectivity index (χ1v) is 5.91. The van der Waals surface area contributed by atoms with Crippen molar-refractivity contribution in [2.24, 2.45) is 43.3 Å². The molecule has 0 saturated heterocycles. The van der Waals surface area contributed by atoms with Gasteiger partial charge in [-0.2, -0.15) is 10.2 Å². The Bertz CT molecular complexity index is 646. The second-order valence-corrected chi connectivity index (χ2v) is 4.15. The van der Waals surface area contributed by atoms with Crippen molar-refractivity contribution in [1.29, 1.82) is 0 Å². The van der Waals surface area contributed by atoms with Crippen molar-refractivity contribution in [3.63, 3.8) is 0 Å². The van der Waals surface area contributed by atoms with Gasteiger partial charge in [0.25, 0.3) is 0 Å². The molecule has 0 bridgehead atoms. The number of halogens is 2. The van der Waals surface area contributed by atoms with Crippen molar-refractivity contribution >= 4 is 48.2 Å². The van der Waals surface area contributed by atoms with Gasteiger partial charge < -0.3 is 28.0 Å². The smallest absolute Gasteiger partial charge is 0.211 e. The number of hydrogen-bond donors (Lipinski definition) is 5. The Balaban J connectivity index is 0. The average Bonchev–Trinajstić information content (AvgIpc) is 2.42. The molecule has 0 fully saturated rings. The van der Waals surface area contributed by atoms with Crippen LogP contribution >= 0.6 is 24.8 Å². The normalized spacial score (nSPS) is 10.9. The molecule has 0 aliphatic carbocycles. The quantitative estimate of drug-likeness (QED) is 0.292. The molecule has 0 radical (unpaired) electrons. The lowest BCUT2D eigenvalue weighted by Crippen LogP contribution is -2.22. The van der Waals surface area contributed by atoms with E-state index in [9.17, 15) is 5.11 Å². The zero-order valence-corrected chi connectivity index (χ0v) is 14.2. The van der Waals surface area contributed by atoms with Gasteiger partial charge in [0.15, 0.2) is 0 Å². The molecule has 0 unspecified atom stereocenters. The van der Waals surface area contributed by atoms with E-state index >= 15 is 0 Å². The Hall–Kier alpha value is -2.52. The van der Waals surface area contributed by atoms with Crippen molar-refractivity contribution < 1.29 is 5.11 Å². The third kappa shape index (κ3) is 7.34. The van der Waals surface area contributed by atoms with Crippen LogP contribution in [0.4, 0.5) is 0 Å². The van der Waals surface area contributed by atoms with Crippen LogP contribution in [0, 0.1) is 0 Å². The van der Waals surface area contributed by atoms with E-state index in [0.29, 0.717) is 22.6 Å². The number of phenols is 1. The molecular weight excluding hydrogens is 343 g/mol. The Morgan fingerprint density at radius 3 is 1.78 bits per heavy atom. The summed E-state index contributed by atoms with van der Waals surface area (Å²) in [4.78, 5) is 0. The summed E-state index contributed by atoms with van der Waals surface area (Å²) in [6.07, 6.45) is 0. The fourth-order valence-corrected chi connectivity index (χ4v) is 1.43. The minimum atomic E-state index is -0.171. The first-order valence-electron chi connectivity index (χ1n) is 5.91. The summed E-state index contributed by atoms with van der Waals surface area (Å²) in [5.74, 6) is -0.269. The van der Waals surface area contributed by atoms with E-state index in [4.69, 9.17) is 22.9 Å². The van der Waals surface area contributed by atoms with Gasteiger partial charge in [-0.3, -0.25) is 0 Å². The van der Waals surface area contributed by atoms with Gasteiger partial charge in [0.1, 0.15) is 5.75 Å². The maximum atomic E-state index is 9.87. The fourth-order valence-electron chi connectivity index (χ4n) is 1.43. The highest BCUT2D eigenvalue weighted by molar-refractivity contribution is 6.05. The summed E-state index contributed by atoms with van der Waals surface area (Å²) in [6.45, 7) is 3.39. The molecule has 0 aliphatic heterocycles. The van der Waals surface area contributed by atoms with E-state index in [1.54, 1.807) is 26.0 Å². The van der Waals surface area contributed by atoms with E-state index in [-0.39, 0.29) is 42.5 Å². The van der Waals surface area contributed by atoms with Crippen molar-refractivity contribution in [3.05, 3.63) is 29.3 Å². The Kier molecular flexibility index (Phi) is 10.1. The average molecular weight is 363 g/mol. The lowest BCUT2D eigenvalue weighted by molar-refractivity contribution is 0.474. The topological polar surface area (TPSA) is 174 Å². The number of nitrogens with two attached hydrogens (primary N) is 4. The van der Waals surface area contributed by atoms with Gasteiger partial charge in [0.2, 0.25) is 11.9 Å². The molecule has 1 aromatic carbocycles. The summed E-state index contributed by atoms with van der Waals surface area (Å²) in [5, 5.41) is 24.7. The summed E-state index contributed by atoms with van der Waals surface area (Å²) < 4.78 is 0. The number of phenolic OH excluding ortho intramolecular Hbond substituents is 1. The predicted molar refractivity (Wildman–Crippen MR) is 98.6 cm³/mol. The molecular formula is C12H20Cl2N8O. The third-order valence-corrected chi connectivity index (χ3v) is 2.44. The van der Waals surface area contributed by atoms with Crippen LogP contribution in [0.5, 0.6) is 5.75 Å². The maximum Gasteiger partial charge on any atom is 0.211 e. The van der Waals surface area contributed by atoms with Crippen LogP contribution in [0.2, 0.25) is 0 Å². The van der Waals surface area contributed by atoms with Crippen molar-refractivity contribution in [2.75, 3.05) is 0 Å². The molecule has 0 amide bonds. The summed E-state index contributed by atoms with van der Waals surface area (Å²) in [7, 11) is 0. The molecule has 1 aromatic rings. The zero-order valence-electron chi connectivity index (χ0n) is 12.6. The highest BCUT2D eigenvalue weighted by Crippen LogP contribution is 2.20. The van der Waals surface area contributed by atoms with E-state index in [1.807, 2.05) is 0 Å². The van der Waals surface area contributed by atoms with Crippen molar-refractivity contribution in [1.82, 2.24) is 0 Å². The number of nitrogens with zero attached hydrogens (tertiary/aromatic N) is 4. The molecule has 128 valence electrons. The molecule has 0 saturated carbocycles. The minimum absolute atomic E-state index is 0. The van der Waals surface area contributed by atoms with Crippen LogP contribution < -0.4 is 22.9 Å². The number of hydrogen-bond acceptors (Lipinski definition) is 5. The molecule has 9 N–H and O–H groups in total. The van der Waals surface area contributed by atoms with Crippen LogP contribution in [-0.2, 0) is 0 Å². The van der Waals surface area contributed by atoms with Gasteiger partial charge in [-0.25, -0.2) is 0 Å². The Morgan fingerprint density at radius 2 is 1.30 bits per heavy atom. The summed E-state index contributed by atoms with van der Waals surface area (Å²) in [6, 6.07) is 4.86. The SMILES string of the molecule is C/C(=N\N=C(N)N)c1ccc(O)c(/C(C)=N/N=C(N)N)c1.Cl.Cl. The van der Waals surface area contributed by atoms with Gasteiger partial charge in [-0.1, -0.05) is 0 Å². The Labute approximate surface area is 146 Å². The predicted octanol–water partition coefficient (Wildman–Crippen LogP) is 0.231. The molecule has 1 rings (SSSR count). The molecule has 0 heterocycles. The van der Waals surface area contributed by atoms with Crippen LogP contribution in [0.3, 0.4) is 0 Å². The van der Waals surface area contributed by atoms with Crippen LogP contribution in [0.25, 0.3) is 0 Å². The fraction of sp³-hybridized carbons (Fsp3) is 0.167. The van der Waals surface area contributed by atoms with Crippen molar-refractivity contribution in [3.8, 4) is 5.75 Å². The lowest BCUT2D eigenvalue weighted by Gasteiger charge is -2.06. The van der Waals surface area contributed by atoms with E-state index < -0.39 is 0 Å². The highest BCUT2D eigenvalue weighted by atomic mass is 35.5. The Morgan fingerprint density at radius 1 is 0.826 bits per heavy atom. The lowest BCUT2D eigenvalue weighted by atomic mass is 10.0. The third-order valence-electron chi connectivity index (χ3n) is 2.44. The molecule has 0 aliphatic rings. The van der Waals surface area contributed by atoms with Crippen LogP contribution in [0.15, 0.2) is 38.6 Å². The van der Waals surface area contributed by atoms with Gasteiger partial charge >= 0.3 is 0 Å². The van der Waals surface area contributed by atoms with E-state index in [1.165, 1.54) is 6.07 Å². The van der Waals surface area contributed by atoms with Gasteiger partial charge in [0, 0.05) is 5.56 Å². The standard InChI is InChI=1S/C12H18N8O.2ClH/c1-6(17-19-11(13)14)8-3-4-10(21)9(5-8)7(2)18-20-12(15)16;;/h3-5,21H,1-2H3,(H4,13,14,19)(H4,15,16,20);2*1H/b17-6+,18-7+;;. The highest BCUT2D eigenvalue weighted by Gasteiger charge is 2.08. The molecule has 11 heteroatoms. The first kappa shape index (κ1) is 22.8. The van der Waals surface area contributed by atoms with E-state index in [2.05, 4.69) is 20.4 Å². The second-order valence-electron chi connectivity index (χ2n) is 4.15. The molecule has 0 atom stereocenters. The van der Waals surface area contributed by atoms with Gasteiger partial charge in [0.05, 0.1) is 11.4 Å². The molecule has 0 spiro atoms. The van der Waals surface area contributed by atoms with Crippen LogP contribution in [0.1, 0.15) is 25.0 Å². The first-order chi connectivity index (χ1) is 9.81. The number of rotatable bonds is 4. The van der Waals surface area contributed by atoms with Crippen LogP contribution in [-0.4, -0.2) is 28.4 Å². The largest absolute Gasteiger partial charge is 0.507 e. The molecule has 0 aromatic heterocycles. The van der Waals surface area contributed by atoms with Crippen molar-refractivity contribution in [2.45, 2.75) is 13.8 Å². The second kappa shape index (κ2) is 10.2. The van der Waals surface area contributed by atoms with Gasteiger partial charge in [-0.05, 0) is 37.6 Å². The molecule has 23 heavy (non-hydrogen) atoms. The van der Waals surface area contributed by atoms with E-state index in [0.717, 1.165) is 0 Å². The monoisotopic (exact) mass is 362 g/mol.